The zero-order valence-electron chi connectivity index (χ0n) is 12.8. The molecule has 0 radical (unpaired) electrons. The van der Waals surface area contributed by atoms with Crippen LogP contribution < -0.4 is 16.0 Å². The highest BCUT2D eigenvalue weighted by atomic mass is 35.5. The standard InChI is InChI=1S/C13H11ClF3N3O4S/c1-19-10(13(15,16)17)6-11(21)20(12(19)22)7-3-4-8(14)9(5-7)18-25(2,23)24/h3-6,18H,1-2H3. The van der Waals surface area contributed by atoms with Crippen molar-refractivity contribution in [1.82, 2.24) is 9.13 Å². The first-order valence-electron chi connectivity index (χ1n) is 6.49. The average Bonchev–Trinajstić information content (AvgIpc) is 2.43. The first kappa shape index (κ1) is 19.1. The number of halogens is 4. The molecule has 0 bridgehead atoms. The van der Waals surface area contributed by atoms with Gasteiger partial charge in [-0.25, -0.2) is 17.8 Å². The van der Waals surface area contributed by atoms with E-state index in [1.54, 1.807) is 0 Å². The van der Waals surface area contributed by atoms with Gasteiger partial charge in [-0.05, 0) is 18.2 Å². The lowest BCUT2D eigenvalue weighted by molar-refractivity contribution is -0.144. The average molecular weight is 398 g/mol. The van der Waals surface area contributed by atoms with Crippen molar-refractivity contribution in [2.24, 2.45) is 7.05 Å². The lowest BCUT2D eigenvalue weighted by Crippen LogP contribution is -2.40. The lowest BCUT2D eigenvalue weighted by Gasteiger charge is -2.15. The zero-order chi connectivity index (χ0) is 19.2. The van der Waals surface area contributed by atoms with E-state index in [-0.39, 0.29) is 27.0 Å². The molecule has 1 N–H and O–H groups in total. The maximum atomic E-state index is 12.8. The largest absolute Gasteiger partial charge is 0.431 e. The normalized spacial score (nSPS) is 12.2. The molecule has 0 fully saturated rings. The maximum absolute atomic E-state index is 12.8. The van der Waals surface area contributed by atoms with Gasteiger partial charge in [0.15, 0.2) is 0 Å². The van der Waals surface area contributed by atoms with Crippen molar-refractivity contribution in [3.63, 3.8) is 0 Å². The second kappa shape index (κ2) is 6.23. The predicted molar refractivity (Wildman–Crippen MR) is 85.8 cm³/mol. The summed E-state index contributed by atoms with van der Waals surface area (Å²) in [6, 6.07) is 3.75. The monoisotopic (exact) mass is 397 g/mol. The molecular formula is C13H11ClF3N3O4S. The molecule has 0 saturated heterocycles. The molecule has 0 saturated carbocycles. The Hall–Kier alpha value is -2.27. The molecule has 0 spiro atoms. The molecule has 0 unspecified atom stereocenters. The summed E-state index contributed by atoms with van der Waals surface area (Å²) in [5.41, 5.74) is -4.14. The highest BCUT2D eigenvalue weighted by Crippen LogP contribution is 2.28. The van der Waals surface area contributed by atoms with Gasteiger partial charge in [0.1, 0.15) is 5.69 Å². The highest BCUT2D eigenvalue weighted by Gasteiger charge is 2.35. The van der Waals surface area contributed by atoms with E-state index >= 15 is 0 Å². The summed E-state index contributed by atoms with van der Waals surface area (Å²) < 4.78 is 64.0. The summed E-state index contributed by atoms with van der Waals surface area (Å²) in [7, 11) is -2.84. The van der Waals surface area contributed by atoms with Crippen LogP contribution in [0.5, 0.6) is 0 Å². The van der Waals surface area contributed by atoms with Crippen LogP contribution >= 0.6 is 11.6 Å². The van der Waals surface area contributed by atoms with Crippen molar-refractivity contribution in [3.05, 3.63) is 55.8 Å². The number of hydrogen-bond donors (Lipinski definition) is 1. The Morgan fingerprint density at radius 3 is 2.28 bits per heavy atom. The van der Waals surface area contributed by atoms with Gasteiger partial charge in [-0.3, -0.25) is 14.1 Å². The molecule has 25 heavy (non-hydrogen) atoms. The minimum absolute atomic E-state index is 0.0223. The van der Waals surface area contributed by atoms with E-state index in [1.165, 1.54) is 12.1 Å². The van der Waals surface area contributed by atoms with Crippen molar-refractivity contribution < 1.29 is 21.6 Å². The molecule has 0 aliphatic heterocycles. The van der Waals surface area contributed by atoms with Crippen LogP contribution in [-0.2, 0) is 23.2 Å². The molecular weight excluding hydrogens is 387 g/mol. The number of nitrogens with one attached hydrogen (secondary N) is 1. The predicted octanol–water partition coefficient (Wildman–Crippen LogP) is 1.58. The smallest absolute Gasteiger partial charge is 0.292 e. The summed E-state index contributed by atoms with van der Waals surface area (Å²) in [6.07, 6.45) is -4.02. The van der Waals surface area contributed by atoms with E-state index in [9.17, 15) is 31.2 Å². The second-order valence-corrected chi connectivity index (χ2v) is 7.24. The van der Waals surface area contributed by atoms with E-state index in [1.807, 2.05) is 0 Å². The Morgan fingerprint density at radius 2 is 1.76 bits per heavy atom. The van der Waals surface area contributed by atoms with Gasteiger partial charge in [0.25, 0.3) is 5.56 Å². The van der Waals surface area contributed by atoms with E-state index in [2.05, 4.69) is 4.72 Å². The van der Waals surface area contributed by atoms with E-state index in [0.717, 1.165) is 19.4 Å². The van der Waals surface area contributed by atoms with Gasteiger partial charge >= 0.3 is 11.9 Å². The Balaban J connectivity index is 2.72. The molecule has 0 amide bonds. The maximum Gasteiger partial charge on any atom is 0.431 e. The van der Waals surface area contributed by atoms with Crippen LogP contribution in [0.4, 0.5) is 18.9 Å². The fourth-order valence-corrected chi connectivity index (χ4v) is 2.85. The van der Waals surface area contributed by atoms with Crippen LogP contribution in [-0.4, -0.2) is 23.8 Å². The number of anilines is 1. The third kappa shape index (κ3) is 4.04. The first-order chi connectivity index (χ1) is 11.3. The minimum Gasteiger partial charge on any atom is -0.292 e. The summed E-state index contributed by atoms with van der Waals surface area (Å²) in [6.45, 7) is 0. The van der Waals surface area contributed by atoms with Gasteiger partial charge in [-0.1, -0.05) is 11.6 Å². The van der Waals surface area contributed by atoms with Gasteiger partial charge in [0, 0.05) is 13.1 Å². The Bertz CT molecular complexity index is 1060. The van der Waals surface area contributed by atoms with Gasteiger partial charge in [-0.2, -0.15) is 13.2 Å². The highest BCUT2D eigenvalue weighted by molar-refractivity contribution is 7.92. The number of aromatic nitrogens is 2. The van der Waals surface area contributed by atoms with Crippen molar-refractivity contribution in [2.75, 3.05) is 11.0 Å². The first-order valence-corrected chi connectivity index (χ1v) is 8.76. The van der Waals surface area contributed by atoms with Crippen molar-refractivity contribution in [3.8, 4) is 5.69 Å². The van der Waals surface area contributed by atoms with Gasteiger partial charge in [-0.15, -0.1) is 0 Å². The fraction of sp³-hybridized carbons (Fsp3) is 0.231. The molecule has 0 aliphatic carbocycles. The minimum atomic E-state index is -4.88. The number of benzene rings is 1. The molecule has 12 heteroatoms. The van der Waals surface area contributed by atoms with Crippen LogP contribution in [0.3, 0.4) is 0 Å². The molecule has 1 aromatic carbocycles. The van der Waals surface area contributed by atoms with Crippen molar-refractivity contribution >= 4 is 27.3 Å². The number of rotatable bonds is 3. The summed E-state index contributed by atoms with van der Waals surface area (Å²) in [5.74, 6) is 0. The topological polar surface area (TPSA) is 90.2 Å². The molecule has 136 valence electrons. The van der Waals surface area contributed by atoms with Crippen LogP contribution in [0.15, 0.2) is 33.9 Å². The van der Waals surface area contributed by atoms with E-state index < -0.39 is 33.1 Å². The number of sulfonamides is 1. The van der Waals surface area contributed by atoms with Crippen LogP contribution in [0.25, 0.3) is 5.69 Å². The second-order valence-electron chi connectivity index (χ2n) is 5.08. The number of hydrogen-bond acceptors (Lipinski definition) is 4. The number of nitrogens with zero attached hydrogens (tertiary/aromatic N) is 2. The number of alkyl halides is 3. The summed E-state index contributed by atoms with van der Waals surface area (Å²) >= 11 is 5.84. The molecule has 7 nitrogen and oxygen atoms in total. The van der Waals surface area contributed by atoms with Crippen LogP contribution in [0.1, 0.15) is 5.69 Å². The third-order valence-electron chi connectivity index (χ3n) is 3.11. The van der Waals surface area contributed by atoms with Crippen molar-refractivity contribution in [1.29, 1.82) is 0 Å². The molecule has 1 aromatic heterocycles. The van der Waals surface area contributed by atoms with E-state index in [4.69, 9.17) is 11.6 Å². The van der Waals surface area contributed by atoms with Crippen LogP contribution in [0.2, 0.25) is 5.02 Å². The summed E-state index contributed by atoms with van der Waals surface area (Å²) in [5, 5.41) is -0.0223. The summed E-state index contributed by atoms with van der Waals surface area (Å²) in [4.78, 5) is 24.2. The third-order valence-corrected chi connectivity index (χ3v) is 4.03. The Kier molecular flexibility index (Phi) is 4.75. The molecule has 0 aliphatic rings. The lowest BCUT2D eigenvalue weighted by atomic mass is 10.2. The van der Waals surface area contributed by atoms with Crippen molar-refractivity contribution in [2.45, 2.75) is 6.18 Å². The molecule has 0 atom stereocenters. The van der Waals surface area contributed by atoms with Gasteiger partial charge in [0.2, 0.25) is 10.0 Å². The Morgan fingerprint density at radius 1 is 1.16 bits per heavy atom. The zero-order valence-corrected chi connectivity index (χ0v) is 14.3. The molecule has 1 heterocycles. The van der Waals surface area contributed by atoms with Crippen LogP contribution in [0, 0.1) is 0 Å². The molecule has 2 rings (SSSR count). The Labute approximate surface area is 144 Å². The van der Waals surface area contributed by atoms with Gasteiger partial charge < -0.3 is 0 Å². The fourth-order valence-electron chi connectivity index (χ4n) is 2.07. The van der Waals surface area contributed by atoms with Gasteiger partial charge in [0.05, 0.1) is 22.7 Å². The molecule has 2 aromatic rings. The quantitative estimate of drug-likeness (QED) is 0.851. The van der Waals surface area contributed by atoms with E-state index in [0.29, 0.717) is 4.57 Å². The SMILES string of the molecule is Cn1c(C(F)(F)F)cc(=O)n(-c2ccc(Cl)c(NS(C)(=O)=O)c2)c1=O.